The van der Waals surface area contributed by atoms with E-state index in [0.717, 1.165) is 12.0 Å². The fraction of sp³-hybridized carbons (Fsp3) is 0.150. The number of carbonyl (C=O) groups excluding carboxylic acids is 1. The van der Waals surface area contributed by atoms with Crippen molar-refractivity contribution < 1.29 is 9.21 Å². The molecule has 0 aliphatic rings. The lowest BCUT2D eigenvalue weighted by Crippen LogP contribution is -2.27. The number of nitrogens with one attached hydrogen (secondary N) is 1. The number of thiophene rings is 1. The summed E-state index contributed by atoms with van der Waals surface area (Å²) in [7, 11) is 0. The van der Waals surface area contributed by atoms with Crippen LogP contribution in [0.1, 0.15) is 5.56 Å². The SMILES string of the molecule is O=C(CSc1nnc(-c2ccc(Cl)cc2)o1)NCCc1csc2ccccc12. The first kappa shape index (κ1) is 19.0. The molecule has 0 fully saturated rings. The predicted octanol–water partition coefficient (Wildman–Crippen LogP) is 5.06. The summed E-state index contributed by atoms with van der Waals surface area (Å²) in [5.41, 5.74) is 2.05. The topological polar surface area (TPSA) is 68.0 Å². The summed E-state index contributed by atoms with van der Waals surface area (Å²) in [5.74, 6) is 0.576. The number of benzene rings is 2. The van der Waals surface area contributed by atoms with Crippen LogP contribution in [0.25, 0.3) is 21.5 Å². The highest BCUT2D eigenvalue weighted by Crippen LogP contribution is 2.26. The number of halogens is 1. The lowest BCUT2D eigenvalue weighted by atomic mass is 10.1. The van der Waals surface area contributed by atoms with E-state index in [-0.39, 0.29) is 11.7 Å². The van der Waals surface area contributed by atoms with E-state index in [9.17, 15) is 4.79 Å². The first-order valence-electron chi connectivity index (χ1n) is 8.63. The molecule has 1 amide bonds. The molecule has 4 rings (SSSR count). The summed E-state index contributed by atoms with van der Waals surface area (Å²) >= 11 is 8.83. The second-order valence-corrected chi connectivity index (χ2v) is 8.30. The van der Waals surface area contributed by atoms with E-state index in [1.54, 1.807) is 23.5 Å². The van der Waals surface area contributed by atoms with Crippen LogP contribution in [0.2, 0.25) is 5.02 Å². The van der Waals surface area contributed by atoms with E-state index in [1.807, 2.05) is 24.3 Å². The first-order chi connectivity index (χ1) is 13.7. The van der Waals surface area contributed by atoms with Gasteiger partial charge in [0.25, 0.3) is 5.22 Å². The molecule has 0 radical (unpaired) electrons. The minimum Gasteiger partial charge on any atom is -0.411 e. The quantitative estimate of drug-likeness (QED) is 0.416. The van der Waals surface area contributed by atoms with Crippen molar-refractivity contribution in [2.45, 2.75) is 11.6 Å². The zero-order chi connectivity index (χ0) is 19.3. The third-order valence-corrected chi connectivity index (χ3v) is 6.18. The first-order valence-corrected chi connectivity index (χ1v) is 10.9. The molecule has 0 bridgehead atoms. The van der Waals surface area contributed by atoms with Gasteiger partial charge in [-0.25, -0.2) is 0 Å². The van der Waals surface area contributed by atoms with Gasteiger partial charge < -0.3 is 9.73 Å². The maximum atomic E-state index is 12.1. The Kier molecular flexibility index (Phi) is 5.95. The number of carbonyl (C=O) groups is 1. The molecule has 5 nitrogen and oxygen atoms in total. The van der Waals surface area contributed by atoms with Crippen molar-refractivity contribution in [2.75, 3.05) is 12.3 Å². The minimum absolute atomic E-state index is 0.0595. The average Bonchev–Trinajstić information content (AvgIpc) is 3.35. The van der Waals surface area contributed by atoms with Crippen LogP contribution in [-0.2, 0) is 11.2 Å². The number of hydrogen-bond acceptors (Lipinski definition) is 6. The molecule has 2 aromatic carbocycles. The zero-order valence-electron chi connectivity index (χ0n) is 14.7. The average molecular weight is 430 g/mol. The monoisotopic (exact) mass is 429 g/mol. The van der Waals surface area contributed by atoms with E-state index >= 15 is 0 Å². The van der Waals surface area contributed by atoms with Gasteiger partial charge in [0.1, 0.15) is 0 Å². The van der Waals surface area contributed by atoms with Crippen molar-refractivity contribution in [3.63, 3.8) is 0 Å². The maximum Gasteiger partial charge on any atom is 0.277 e. The molecule has 142 valence electrons. The molecule has 0 spiro atoms. The van der Waals surface area contributed by atoms with Gasteiger partial charge in [0.15, 0.2) is 0 Å². The van der Waals surface area contributed by atoms with Gasteiger partial charge in [0.2, 0.25) is 11.8 Å². The van der Waals surface area contributed by atoms with Crippen molar-refractivity contribution in [3.05, 3.63) is 64.5 Å². The molecule has 0 atom stereocenters. The van der Waals surface area contributed by atoms with Crippen LogP contribution in [0.5, 0.6) is 0 Å². The molecule has 1 N–H and O–H groups in total. The lowest BCUT2D eigenvalue weighted by Gasteiger charge is -2.03. The van der Waals surface area contributed by atoms with Gasteiger partial charge >= 0.3 is 0 Å². The van der Waals surface area contributed by atoms with E-state index in [2.05, 4.69) is 33.0 Å². The third kappa shape index (κ3) is 4.55. The largest absolute Gasteiger partial charge is 0.411 e. The normalized spacial score (nSPS) is 11.0. The van der Waals surface area contributed by atoms with Gasteiger partial charge in [-0.2, -0.15) is 0 Å². The van der Waals surface area contributed by atoms with Crippen molar-refractivity contribution >= 4 is 50.7 Å². The van der Waals surface area contributed by atoms with Crippen LogP contribution < -0.4 is 5.32 Å². The Morgan fingerprint density at radius 3 is 2.82 bits per heavy atom. The summed E-state index contributed by atoms with van der Waals surface area (Å²) in [4.78, 5) is 12.1. The Morgan fingerprint density at radius 1 is 1.14 bits per heavy atom. The summed E-state index contributed by atoms with van der Waals surface area (Å²) in [6.07, 6.45) is 0.807. The second-order valence-electron chi connectivity index (χ2n) is 6.03. The van der Waals surface area contributed by atoms with Gasteiger partial charge in [-0.05, 0) is 53.1 Å². The number of rotatable bonds is 7. The molecule has 0 aliphatic carbocycles. The lowest BCUT2D eigenvalue weighted by molar-refractivity contribution is -0.118. The molecular weight excluding hydrogens is 414 g/mol. The van der Waals surface area contributed by atoms with Gasteiger partial charge in [0, 0.05) is 21.8 Å². The molecule has 2 aromatic heterocycles. The second kappa shape index (κ2) is 8.77. The van der Waals surface area contributed by atoms with Crippen LogP contribution in [0.15, 0.2) is 63.6 Å². The standard InChI is InChI=1S/C20H16ClN3O2S2/c21-15-7-5-13(6-8-15)19-23-24-20(26-19)28-12-18(25)22-10-9-14-11-27-17-4-2-1-3-16(14)17/h1-8,11H,9-10,12H2,(H,22,25). The van der Waals surface area contributed by atoms with Gasteiger partial charge in [-0.1, -0.05) is 41.6 Å². The molecule has 0 saturated heterocycles. The Labute approximate surface area is 175 Å². The smallest absolute Gasteiger partial charge is 0.277 e. The van der Waals surface area contributed by atoms with Crippen LogP contribution in [0, 0.1) is 0 Å². The van der Waals surface area contributed by atoms with Crippen LogP contribution in [0.4, 0.5) is 0 Å². The molecule has 2 heterocycles. The Morgan fingerprint density at radius 2 is 1.96 bits per heavy atom. The molecule has 0 saturated carbocycles. The van der Waals surface area contributed by atoms with Gasteiger partial charge in [0.05, 0.1) is 5.75 Å². The Hall–Kier alpha value is -2.35. The summed E-state index contributed by atoms with van der Waals surface area (Å²) in [5, 5.41) is 15.3. The highest BCUT2D eigenvalue weighted by molar-refractivity contribution is 7.99. The van der Waals surface area contributed by atoms with Crippen molar-refractivity contribution in [1.82, 2.24) is 15.5 Å². The van der Waals surface area contributed by atoms with E-state index in [0.29, 0.717) is 22.7 Å². The number of thioether (sulfide) groups is 1. The number of nitrogens with zero attached hydrogens (tertiary/aromatic N) is 2. The van der Waals surface area contributed by atoms with Gasteiger partial charge in [-0.3, -0.25) is 4.79 Å². The molecule has 4 aromatic rings. The maximum absolute atomic E-state index is 12.1. The number of amides is 1. The molecule has 8 heteroatoms. The number of fused-ring (bicyclic) bond motifs is 1. The summed E-state index contributed by atoms with van der Waals surface area (Å²) < 4.78 is 6.86. The highest BCUT2D eigenvalue weighted by Gasteiger charge is 2.11. The van der Waals surface area contributed by atoms with E-state index in [4.69, 9.17) is 16.0 Å². The molecular formula is C20H16ClN3O2S2. The predicted molar refractivity (Wildman–Crippen MR) is 114 cm³/mol. The summed E-state index contributed by atoms with van der Waals surface area (Å²) in [6, 6.07) is 15.5. The van der Waals surface area contributed by atoms with Crippen LogP contribution >= 0.6 is 34.7 Å². The zero-order valence-corrected chi connectivity index (χ0v) is 17.1. The molecule has 28 heavy (non-hydrogen) atoms. The molecule has 0 unspecified atom stereocenters. The third-order valence-electron chi connectivity index (χ3n) is 4.10. The fourth-order valence-corrected chi connectivity index (χ4v) is 4.43. The molecule has 0 aliphatic heterocycles. The van der Waals surface area contributed by atoms with E-state index in [1.165, 1.54) is 27.4 Å². The Bertz CT molecular complexity index is 1090. The number of hydrogen-bond donors (Lipinski definition) is 1. The van der Waals surface area contributed by atoms with Crippen LogP contribution in [0.3, 0.4) is 0 Å². The minimum atomic E-state index is -0.0595. The Balaban J connectivity index is 1.25. The van der Waals surface area contributed by atoms with Crippen molar-refractivity contribution in [3.8, 4) is 11.5 Å². The number of aromatic nitrogens is 2. The van der Waals surface area contributed by atoms with Crippen LogP contribution in [-0.4, -0.2) is 28.4 Å². The summed E-state index contributed by atoms with van der Waals surface area (Å²) in [6.45, 7) is 0.597. The van der Waals surface area contributed by atoms with Crippen molar-refractivity contribution in [2.24, 2.45) is 0 Å². The van der Waals surface area contributed by atoms with E-state index < -0.39 is 0 Å². The highest BCUT2D eigenvalue weighted by atomic mass is 35.5. The van der Waals surface area contributed by atoms with Crippen molar-refractivity contribution in [1.29, 1.82) is 0 Å². The fourth-order valence-electron chi connectivity index (χ4n) is 2.72. The van der Waals surface area contributed by atoms with Gasteiger partial charge in [-0.15, -0.1) is 21.5 Å².